The van der Waals surface area contributed by atoms with Crippen molar-refractivity contribution in [2.75, 3.05) is 39.3 Å². The molecule has 1 atom stereocenters. The summed E-state index contributed by atoms with van der Waals surface area (Å²) in [6.45, 7) is 11.0. The number of nitrogens with zero attached hydrogens (tertiary/aromatic N) is 2. The highest BCUT2D eigenvalue weighted by atomic mass is 16.5. The minimum atomic E-state index is -0.563. The van der Waals surface area contributed by atoms with Crippen molar-refractivity contribution in [1.82, 2.24) is 9.80 Å². The molecule has 0 aliphatic carbocycles. The highest BCUT2D eigenvalue weighted by Gasteiger charge is 2.26. The van der Waals surface area contributed by atoms with Crippen molar-refractivity contribution in [3.05, 3.63) is 35.4 Å². The summed E-state index contributed by atoms with van der Waals surface area (Å²) in [6, 6.07) is 7.31. The molecule has 0 aromatic heterocycles. The van der Waals surface area contributed by atoms with Gasteiger partial charge in [-0.15, -0.1) is 0 Å². The summed E-state index contributed by atoms with van der Waals surface area (Å²) in [5, 5.41) is 0. The van der Waals surface area contributed by atoms with Crippen LogP contribution in [0.4, 0.5) is 0 Å². The molecule has 0 spiro atoms. The quantitative estimate of drug-likeness (QED) is 0.864. The summed E-state index contributed by atoms with van der Waals surface area (Å²) in [6.07, 6.45) is 0.269. The molecule has 1 aliphatic heterocycles. The van der Waals surface area contributed by atoms with Crippen LogP contribution in [0.15, 0.2) is 24.3 Å². The van der Waals surface area contributed by atoms with Crippen LogP contribution in [-0.2, 0) is 9.53 Å². The Kier molecular flexibility index (Phi) is 6.57. The second-order valence-electron chi connectivity index (χ2n) is 6.47. The number of piperazine rings is 1. The van der Waals surface area contributed by atoms with E-state index in [0.29, 0.717) is 0 Å². The maximum atomic E-state index is 12.6. The van der Waals surface area contributed by atoms with Gasteiger partial charge >= 0.3 is 0 Å². The lowest BCUT2D eigenvalue weighted by molar-refractivity contribution is -0.134. The van der Waals surface area contributed by atoms with Crippen LogP contribution >= 0.6 is 0 Å². The SMILES string of the molecule is Cc1ccc(C(N)C(=O)N2CCN(CCOC(C)C)CC2)cc1. The van der Waals surface area contributed by atoms with Gasteiger partial charge in [0.2, 0.25) is 5.91 Å². The molecule has 2 N–H and O–H groups in total. The molecular weight excluding hydrogens is 290 g/mol. The molecule has 1 fully saturated rings. The zero-order chi connectivity index (χ0) is 16.8. The zero-order valence-electron chi connectivity index (χ0n) is 14.5. The van der Waals surface area contributed by atoms with Crippen molar-refractivity contribution in [1.29, 1.82) is 0 Å². The van der Waals surface area contributed by atoms with Crippen LogP contribution in [0, 0.1) is 6.92 Å². The highest BCUT2D eigenvalue weighted by molar-refractivity contribution is 5.83. The first-order chi connectivity index (χ1) is 11.0. The van der Waals surface area contributed by atoms with Gasteiger partial charge in [0.1, 0.15) is 6.04 Å². The van der Waals surface area contributed by atoms with E-state index in [1.165, 1.54) is 5.56 Å². The van der Waals surface area contributed by atoms with E-state index in [2.05, 4.69) is 4.90 Å². The third-order valence-electron chi connectivity index (χ3n) is 4.25. The molecule has 1 heterocycles. The number of benzene rings is 1. The summed E-state index contributed by atoms with van der Waals surface area (Å²) in [7, 11) is 0. The Labute approximate surface area is 139 Å². The first-order valence-corrected chi connectivity index (χ1v) is 8.42. The Morgan fingerprint density at radius 1 is 1.17 bits per heavy atom. The largest absolute Gasteiger partial charge is 0.377 e. The molecule has 1 unspecified atom stereocenters. The predicted molar refractivity (Wildman–Crippen MR) is 92.2 cm³/mol. The summed E-state index contributed by atoms with van der Waals surface area (Å²) >= 11 is 0. The molecule has 1 aromatic carbocycles. The van der Waals surface area contributed by atoms with Crippen molar-refractivity contribution in [2.45, 2.75) is 32.9 Å². The molecule has 0 saturated carbocycles. The topological polar surface area (TPSA) is 58.8 Å². The zero-order valence-corrected chi connectivity index (χ0v) is 14.5. The van der Waals surface area contributed by atoms with Gasteiger partial charge in [0.25, 0.3) is 0 Å². The molecule has 2 rings (SSSR count). The Hall–Kier alpha value is -1.43. The molecule has 0 bridgehead atoms. The maximum Gasteiger partial charge on any atom is 0.244 e. The fourth-order valence-corrected chi connectivity index (χ4v) is 2.72. The van der Waals surface area contributed by atoms with Crippen LogP contribution in [0.25, 0.3) is 0 Å². The molecule has 1 saturated heterocycles. The van der Waals surface area contributed by atoms with E-state index < -0.39 is 6.04 Å². The van der Waals surface area contributed by atoms with E-state index in [4.69, 9.17) is 10.5 Å². The number of rotatable bonds is 6. The monoisotopic (exact) mass is 319 g/mol. The van der Waals surface area contributed by atoms with E-state index in [1.54, 1.807) is 0 Å². The molecule has 5 nitrogen and oxygen atoms in total. The van der Waals surface area contributed by atoms with E-state index >= 15 is 0 Å². The lowest BCUT2D eigenvalue weighted by Gasteiger charge is -2.36. The summed E-state index contributed by atoms with van der Waals surface area (Å²) in [5.41, 5.74) is 8.20. The minimum Gasteiger partial charge on any atom is -0.377 e. The second kappa shape index (κ2) is 8.43. The predicted octanol–water partition coefficient (Wildman–Crippen LogP) is 1.56. The Morgan fingerprint density at radius 2 is 1.78 bits per heavy atom. The molecule has 1 amide bonds. The normalized spacial score (nSPS) is 17.5. The number of carbonyl (C=O) groups excluding carboxylic acids is 1. The van der Waals surface area contributed by atoms with Crippen LogP contribution in [-0.4, -0.2) is 61.1 Å². The van der Waals surface area contributed by atoms with Gasteiger partial charge < -0.3 is 15.4 Å². The number of ether oxygens (including phenoxy) is 1. The molecule has 5 heteroatoms. The number of nitrogens with two attached hydrogens (primary N) is 1. The minimum absolute atomic E-state index is 0.0203. The average molecular weight is 319 g/mol. The highest BCUT2D eigenvalue weighted by Crippen LogP contribution is 2.15. The summed E-state index contributed by atoms with van der Waals surface area (Å²) in [5.74, 6) is 0.0203. The van der Waals surface area contributed by atoms with E-state index in [9.17, 15) is 4.79 Å². The number of hydrogen-bond acceptors (Lipinski definition) is 4. The van der Waals surface area contributed by atoms with E-state index in [-0.39, 0.29) is 12.0 Å². The van der Waals surface area contributed by atoms with Crippen LogP contribution in [0.5, 0.6) is 0 Å². The fraction of sp³-hybridized carbons (Fsp3) is 0.611. The number of hydrogen-bond donors (Lipinski definition) is 1. The van der Waals surface area contributed by atoms with Crippen molar-refractivity contribution in [3.63, 3.8) is 0 Å². The van der Waals surface area contributed by atoms with Crippen molar-refractivity contribution in [2.24, 2.45) is 5.73 Å². The van der Waals surface area contributed by atoms with Crippen LogP contribution in [0.2, 0.25) is 0 Å². The van der Waals surface area contributed by atoms with Crippen LogP contribution in [0.1, 0.15) is 31.0 Å². The first kappa shape index (κ1) is 17.9. The lowest BCUT2D eigenvalue weighted by Crippen LogP contribution is -2.51. The molecule has 1 aliphatic rings. The van der Waals surface area contributed by atoms with Gasteiger partial charge in [-0.3, -0.25) is 9.69 Å². The third-order valence-corrected chi connectivity index (χ3v) is 4.25. The van der Waals surface area contributed by atoms with Gasteiger partial charge in [0, 0.05) is 32.7 Å². The summed E-state index contributed by atoms with van der Waals surface area (Å²) < 4.78 is 5.58. The van der Waals surface area contributed by atoms with Crippen molar-refractivity contribution < 1.29 is 9.53 Å². The summed E-state index contributed by atoms with van der Waals surface area (Å²) in [4.78, 5) is 16.8. The number of aryl methyl sites for hydroxylation is 1. The lowest BCUT2D eigenvalue weighted by atomic mass is 10.0. The van der Waals surface area contributed by atoms with Crippen LogP contribution < -0.4 is 5.73 Å². The van der Waals surface area contributed by atoms with Gasteiger partial charge in [0.15, 0.2) is 0 Å². The van der Waals surface area contributed by atoms with Crippen LogP contribution in [0.3, 0.4) is 0 Å². The van der Waals surface area contributed by atoms with Gasteiger partial charge in [-0.2, -0.15) is 0 Å². The van der Waals surface area contributed by atoms with Crippen molar-refractivity contribution >= 4 is 5.91 Å². The van der Waals surface area contributed by atoms with Gasteiger partial charge in [-0.1, -0.05) is 29.8 Å². The van der Waals surface area contributed by atoms with Gasteiger partial charge in [-0.05, 0) is 26.3 Å². The van der Waals surface area contributed by atoms with Crippen molar-refractivity contribution in [3.8, 4) is 0 Å². The van der Waals surface area contributed by atoms with E-state index in [0.717, 1.165) is 44.9 Å². The molecule has 128 valence electrons. The Bertz CT molecular complexity index is 493. The second-order valence-corrected chi connectivity index (χ2v) is 6.47. The fourth-order valence-electron chi connectivity index (χ4n) is 2.72. The van der Waals surface area contributed by atoms with E-state index in [1.807, 2.05) is 49.9 Å². The maximum absolute atomic E-state index is 12.6. The van der Waals surface area contributed by atoms with Gasteiger partial charge in [-0.25, -0.2) is 0 Å². The molecule has 0 radical (unpaired) electrons. The average Bonchev–Trinajstić information content (AvgIpc) is 2.54. The third kappa shape index (κ3) is 5.30. The Balaban J connectivity index is 1.80. The number of amides is 1. The smallest absolute Gasteiger partial charge is 0.244 e. The standard InChI is InChI=1S/C18H29N3O2/c1-14(2)23-13-12-20-8-10-21(11-9-20)18(22)17(19)16-6-4-15(3)5-7-16/h4-7,14,17H,8-13,19H2,1-3H3. The Morgan fingerprint density at radius 3 is 2.35 bits per heavy atom. The molecule has 23 heavy (non-hydrogen) atoms. The number of carbonyl (C=O) groups is 1. The molecule has 1 aromatic rings. The first-order valence-electron chi connectivity index (χ1n) is 8.42. The van der Waals surface area contributed by atoms with Gasteiger partial charge in [0.05, 0.1) is 12.7 Å². The molecular formula is C18H29N3O2.